The third-order valence-corrected chi connectivity index (χ3v) is 4.63. The van der Waals surface area contributed by atoms with Crippen LogP contribution in [-0.2, 0) is 6.54 Å². The average molecular weight is 376 g/mol. The molecule has 0 saturated carbocycles. The van der Waals surface area contributed by atoms with E-state index in [1.807, 2.05) is 6.92 Å². The maximum atomic E-state index is 13.2. The number of aliphatic hydroxyl groups excluding tert-OH is 1. The summed E-state index contributed by atoms with van der Waals surface area (Å²) in [5, 5.41) is 12.3. The topological polar surface area (TPSA) is 81.8 Å². The molecule has 1 amide bonds. The summed E-state index contributed by atoms with van der Waals surface area (Å²) in [7, 11) is 0. The van der Waals surface area contributed by atoms with Crippen molar-refractivity contribution in [2.75, 3.05) is 38.0 Å². The van der Waals surface area contributed by atoms with Crippen LogP contribution in [-0.4, -0.2) is 64.6 Å². The molecule has 1 aliphatic rings. The lowest BCUT2D eigenvalue weighted by Crippen LogP contribution is -2.48. The van der Waals surface area contributed by atoms with Crippen LogP contribution in [0.4, 0.5) is 10.1 Å². The van der Waals surface area contributed by atoms with Gasteiger partial charge in [0.1, 0.15) is 12.1 Å². The number of oxazole rings is 1. The number of anilines is 1. The molecular formula is C19H25FN4O3. The average Bonchev–Trinajstić information content (AvgIpc) is 3.12. The molecule has 2 heterocycles. The highest BCUT2D eigenvalue weighted by Gasteiger charge is 2.21. The molecule has 1 aliphatic heterocycles. The van der Waals surface area contributed by atoms with Crippen LogP contribution in [0, 0.1) is 5.82 Å². The Morgan fingerprint density at radius 3 is 2.78 bits per heavy atom. The summed E-state index contributed by atoms with van der Waals surface area (Å²) in [4.78, 5) is 20.9. The first-order chi connectivity index (χ1) is 13.0. The van der Waals surface area contributed by atoms with Crippen LogP contribution in [0.15, 0.2) is 34.9 Å². The van der Waals surface area contributed by atoms with Crippen molar-refractivity contribution in [3.8, 4) is 0 Å². The van der Waals surface area contributed by atoms with Crippen molar-refractivity contribution in [3.05, 3.63) is 47.9 Å². The second-order valence-corrected chi connectivity index (χ2v) is 6.73. The number of piperazine rings is 1. The van der Waals surface area contributed by atoms with Gasteiger partial charge in [-0.2, -0.15) is 0 Å². The molecule has 0 unspecified atom stereocenters. The van der Waals surface area contributed by atoms with Crippen LogP contribution < -0.4 is 5.32 Å². The molecule has 0 spiro atoms. The second-order valence-electron chi connectivity index (χ2n) is 6.73. The third-order valence-electron chi connectivity index (χ3n) is 4.63. The van der Waals surface area contributed by atoms with E-state index in [2.05, 4.69) is 20.1 Å². The van der Waals surface area contributed by atoms with Gasteiger partial charge in [-0.05, 0) is 24.6 Å². The first-order valence-electron chi connectivity index (χ1n) is 9.17. The number of rotatable bonds is 7. The van der Waals surface area contributed by atoms with Gasteiger partial charge in [0.15, 0.2) is 5.69 Å². The Kier molecular flexibility index (Phi) is 6.54. The first kappa shape index (κ1) is 19.5. The summed E-state index contributed by atoms with van der Waals surface area (Å²) in [6, 6.07) is 5.69. The number of halogens is 1. The largest absolute Gasteiger partial charge is 0.447 e. The van der Waals surface area contributed by atoms with E-state index in [-0.39, 0.29) is 11.8 Å². The Morgan fingerprint density at radius 2 is 2.07 bits per heavy atom. The molecule has 3 rings (SSSR count). The molecule has 0 radical (unpaired) electrons. The van der Waals surface area contributed by atoms with Crippen LogP contribution in [0.2, 0.25) is 0 Å². The highest BCUT2D eigenvalue weighted by atomic mass is 19.1. The second kappa shape index (κ2) is 9.07. The quantitative estimate of drug-likeness (QED) is 0.769. The van der Waals surface area contributed by atoms with Crippen molar-refractivity contribution < 1.29 is 18.7 Å². The van der Waals surface area contributed by atoms with E-state index in [9.17, 15) is 14.3 Å². The number of carbonyl (C=O) groups excluding carboxylic acids is 1. The summed E-state index contributed by atoms with van der Waals surface area (Å²) in [5.74, 6) is -0.380. The Labute approximate surface area is 157 Å². The van der Waals surface area contributed by atoms with Crippen LogP contribution >= 0.6 is 0 Å². The van der Waals surface area contributed by atoms with Crippen LogP contribution in [0.1, 0.15) is 29.7 Å². The number of aliphatic hydroxyl groups is 1. The number of benzene rings is 1. The monoisotopic (exact) mass is 376 g/mol. The highest BCUT2D eigenvalue weighted by molar-refractivity contribution is 6.02. The molecule has 146 valence electrons. The minimum Gasteiger partial charge on any atom is -0.447 e. The predicted octanol–water partition coefficient (Wildman–Crippen LogP) is 1.95. The molecule has 2 N–H and O–H groups in total. The lowest BCUT2D eigenvalue weighted by atomic mass is 10.2. The molecule has 1 saturated heterocycles. The maximum Gasteiger partial charge on any atom is 0.277 e. The zero-order valence-corrected chi connectivity index (χ0v) is 15.4. The Hall–Kier alpha value is -2.29. The minimum atomic E-state index is -0.436. The molecule has 1 aromatic carbocycles. The van der Waals surface area contributed by atoms with E-state index in [4.69, 9.17) is 4.42 Å². The summed E-state index contributed by atoms with van der Waals surface area (Å²) >= 11 is 0. The number of hydrogen-bond acceptors (Lipinski definition) is 6. The number of nitrogens with zero attached hydrogens (tertiary/aromatic N) is 3. The van der Waals surface area contributed by atoms with Crippen molar-refractivity contribution in [3.63, 3.8) is 0 Å². The molecule has 0 aliphatic carbocycles. The molecule has 8 heteroatoms. The molecular weight excluding hydrogens is 351 g/mol. The highest BCUT2D eigenvalue weighted by Crippen LogP contribution is 2.13. The first-order valence-corrected chi connectivity index (χ1v) is 9.17. The van der Waals surface area contributed by atoms with E-state index >= 15 is 0 Å². The molecule has 27 heavy (non-hydrogen) atoms. The van der Waals surface area contributed by atoms with Crippen LogP contribution in [0.25, 0.3) is 0 Å². The lowest BCUT2D eigenvalue weighted by Gasteiger charge is -2.34. The number of amides is 1. The van der Waals surface area contributed by atoms with Crippen molar-refractivity contribution in [2.24, 2.45) is 0 Å². The smallest absolute Gasteiger partial charge is 0.277 e. The SMILES string of the molecule is CC[C@H](O)CN1CCN(Cc2nc(C(=O)Nc3cccc(F)c3)co2)CC1. The summed E-state index contributed by atoms with van der Waals surface area (Å²) in [6.45, 7) is 6.67. The van der Waals surface area contributed by atoms with Crippen molar-refractivity contribution >= 4 is 11.6 Å². The van der Waals surface area contributed by atoms with E-state index in [0.717, 1.165) is 32.6 Å². The van der Waals surface area contributed by atoms with Crippen LogP contribution in [0.5, 0.6) is 0 Å². The van der Waals surface area contributed by atoms with Gasteiger partial charge in [-0.1, -0.05) is 13.0 Å². The van der Waals surface area contributed by atoms with Gasteiger partial charge in [0.2, 0.25) is 5.89 Å². The minimum absolute atomic E-state index is 0.166. The molecule has 1 aromatic heterocycles. The fourth-order valence-electron chi connectivity index (χ4n) is 3.00. The summed E-state index contributed by atoms with van der Waals surface area (Å²) in [5.41, 5.74) is 0.536. The molecule has 2 aromatic rings. The number of nitrogens with one attached hydrogen (secondary N) is 1. The Bertz CT molecular complexity index is 759. The lowest BCUT2D eigenvalue weighted by molar-refractivity contribution is 0.0658. The molecule has 7 nitrogen and oxygen atoms in total. The van der Waals surface area contributed by atoms with E-state index in [0.29, 0.717) is 24.7 Å². The summed E-state index contributed by atoms with van der Waals surface area (Å²) in [6.07, 6.45) is 1.80. The number of carbonyl (C=O) groups is 1. The van der Waals surface area contributed by atoms with Crippen LogP contribution in [0.3, 0.4) is 0 Å². The van der Waals surface area contributed by atoms with Gasteiger partial charge in [0.25, 0.3) is 5.91 Å². The third kappa shape index (κ3) is 5.59. The predicted molar refractivity (Wildman–Crippen MR) is 98.9 cm³/mol. The normalized spacial score (nSPS) is 17.0. The molecule has 0 bridgehead atoms. The molecule has 1 fully saturated rings. The van der Waals surface area contributed by atoms with E-state index in [1.165, 1.54) is 24.5 Å². The van der Waals surface area contributed by atoms with Gasteiger partial charge in [0, 0.05) is 38.4 Å². The number of β-amino-alcohol motifs (C(OH)–C–C–N with tert-alkyl or cyclic N) is 1. The van der Waals surface area contributed by atoms with Gasteiger partial charge in [0.05, 0.1) is 12.6 Å². The Balaban J connectivity index is 1.49. The zero-order chi connectivity index (χ0) is 19.2. The maximum absolute atomic E-state index is 13.2. The van der Waals surface area contributed by atoms with Crippen molar-refractivity contribution in [2.45, 2.75) is 26.0 Å². The van der Waals surface area contributed by atoms with Gasteiger partial charge in [-0.25, -0.2) is 9.37 Å². The summed E-state index contributed by atoms with van der Waals surface area (Å²) < 4.78 is 18.6. The number of aromatic nitrogens is 1. The van der Waals surface area contributed by atoms with Gasteiger partial charge >= 0.3 is 0 Å². The molecule has 1 atom stereocenters. The van der Waals surface area contributed by atoms with Gasteiger partial charge < -0.3 is 14.8 Å². The Morgan fingerprint density at radius 1 is 1.33 bits per heavy atom. The van der Waals surface area contributed by atoms with Gasteiger partial charge in [-0.15, -0.1) is 0 Å². The zero-order valence-electron chi connectivity index (χ0n) is 15.4. The standard InChI is InChI=1S/C19H25FN4O3/c1-2-16(25)11-23-6-8-24(9-7-23)12-18-22-17(13-27-18)19(26)21-15-5-3-4-14(20)10-15/h3-5,10,13,16,25H,2,6-9,11-12H2,1H3,(H,21,26)/t16-/m0/s1. The van der Waals surface area contributed by atoms with Crippen molar-refractivity contribution in [1.82, 2.24) is 14.8 Å². The number of hydrogen-bond donors (Lipinski definition) is 2. The van der Waals surface area contributed by atoms with E-state index < -0.39 is 11.7 Å². The fraction of sp³-hybridized carbons (Fsp3) is 0.474. The fourth-order valence-corrected chi connectivity index (χ4v) is 3.00. The van der Waals surface area contributed by atoms with Gasteiger partial charge in [-0.3, -0.25) is 14.6 Å². The van der Waals surface area contributed by atoms with E-state index in [1.54, 1.807) is 6.07 Å². The van der Waals surface area contributed by atoms with Crippen molar-refractivity contribution in [1.29, 1.82) is 0 Å².